The van der Waals surface area contributed by atoms with E-state index in [0.717, 1.165) is 5.01 Å². The first-order valence-electron chi connectivity index (χ1n) is 9.22. The molecule has 2 aromatic rings. The highest BCUT2D eigenvalue weighted by Gasteiger charge is 2.40. The molecule has 1 aliphatic rings. The molecule has 0 atom stereocenters. The number of hydrazine groups is 1. The van der Waals surface area contributed by atoms with Gasteiger partial charge in [-0.15, -0.1) is 0 Å². The minimum atomic E-state index is -3.91. The maximum Gasteiger partial charge on any atom is 0.266 e. The molecule has 1 aliphatic heterocycles. The van der Waals surface area contributed by atoms with E-state index in [1.54, 1.807) is 24.3 Å². The minimum Gasteiger partial charge on any atom is -0.393 e. The standard InChI is InChI=1S/C18H23ClF2N6O2S/c1-11(2)30(28,29)17-24-15(26-8-7-18(20,21)10-26)14(22)16(25-17)27(23)9-12-5-3-4-6-13(12)19/h3-6,11H,7-10,22-23H2,1-2H3. The Labute approximate surface area is 178 Å². The number of nitrogens with zero attached hydrogens (tertiary/aromatic N) is 4. The Hall–Kier alpha value is -2.24. The van der Waals surface area contributed by atoms with Gasteiger partial charge >= 0.3 is 0 Å². The van der Waals surface area contributed by atoms with Crippen LogP contribution in [-0.4, -0.2) is 42.6 Å². The van der Waals surface area contributed by atoms with E-state index in [0.29, 0.717) is 10.6 Å². The van der Waals surface area contributed by atoms with Gasteiger partial charge in [0.05, 0.1) is 18.3 Å². The zero-order valence-electron chi connectivity index (χ0n) is 16.5. The molecule has 164 valence electrons. The van der Waals surface area contributed by atoms with Crippen molar-refractivity contribution in [3.8, 4) is 0 Å². The molecule has 3 rings (SSSR count). The summed E-state index contributed by atoms with van der Waals surface area (Å²) in [6.45, 7) is 2.37. The van der Waals surface area contributed by atoms with Crippen molar-refractivity contribution in [1.29, 1.82) is 0 Å². The van der Waals surface area contributed by atoms with Crippen LogP contribution >= 0.6 is 11.6 Å². The maximum atomic E-state index is 13.8. The number of alkyl halides is 2. The zero-order chi connectivity index (χ0) is 22.3. The lowest BCUT2D eigenvalue weighted by Gasteiger charge is -2.25. The van der Waals surface area contributed by atoms with E-state index in [1.165, 1.54) is 18.7 Å². The monoisotopic (exact) mass is 460 g/mol. The largest absolute Gasteiger partial charge is 0.393 e. The summed E-state index contributed by atoms with van der Waals surface area (Å²) in [5.74, 6) is 3.07. The molecular formula is C18H23ClF2N6O2S. The fourth-order valence-corrected chi connectivity index (χ4v) is 4.07. The van der Waals surface area contributed by atoms with E-state index in [2.05, 4.69) is 9.97 Å². The van der Waals surface area contributed by atoms with E-state index in [4.69, 9.17) is 23.2 Å². The van der Waals surface area contributed by atoms with Gasteiger partial charge in [-0.05, 0) is 25.5 Å². The highest BCUT2D eigenvalue weighted by atomic mass is 35.5. The SMILES string of the molecule is CC(C)S(=O)(=O)c1nc(N(N)Cc2ccccc2Cl)c(N)c(N2CCC(F)(F)C2)n1. The lowest BCUT2D eigenvalue weighted by atomic mass is 10.2. The second-order valence-corrected chi connectivity index (χ2v) is 10.2. The Balaban J connectivity index is 2.09. The summed E-state index contributed by atoms with van der Waals surface area (Å²) in [6, 6.07) is 6.95. The van der Waals surface area contributed by atoms with Gasteiger partial charge in [-0.25, -0.2) is 23.0 Å². The molecule has 0 aliphatic carbocycles. The van der Waals surface area contributed by atoms with Crippen molar-refractivity contribution < 1.29 is 17.2 Å². The Bertz CT molecular complexity index is 1050. The van der Waals surface area contributed by atoms with E-state index in [1.807, 2.05) is 0 Å². The third kappa shape index (κ3) is 4.42. The molecule has 0 radical (unpaired) electrons. The average Bonchev–Trinajstić information content (AvgIpc) is 3.03. The van der Waals surface area contributed by atoms with Crippen molar-refractivity contribution >= 4 is 38.8 Å². The van der Waals surface area contributed by atoms with Crippen LogP contribution in [0.4, 0.5) is 26.1 Å². The summed E-state index contributed by atoms with van der Waals surface area (Å²) in [7, 11) is -3.91. The second-order valence-electron chi connectivity index (χ2n) is 7.41. The molecule has 1 aromatic heterocycles. The van der Waals surface area contributed by atoms with Crippen molar-refractivity contribution in [2.45, 2.75) is 43.1 Å². The molecule has 4 N–H and O–H groups in total. The molecule has 0 unspecified atom stereocenters. The number of anilines is 3. The molecule has 0 spiro atoms. The van der Waals surface area contributed by atoms with Gasteiger partial charge in [0.2, 0.25) is 9.84 Å². The molecule has 0 saturated carbocycles. The van der Waals surface area contributed by atoms with Gasteiger partial charge < -0.3 is 10.6 Å². The Morgan fingerprint density at radius 2 is 1.97 bits per heavy atom. The summed E-state index contributed by atoms with van der Waals surface area (Å²) >= 11 is 6.17. The Kier molecular flexibility index (Phi) is 6.08. The van der Waals surface area contributed by atoms with Gasteiger partial charge in [-0.2, -0.15) is 9.97 Å². The molecule has 1 saturated heterocycles. The van der Waals surface area contributed by atoms with Crippen molar-refractivity contribution in [2.24, 2.45) is 5.84 Å². The van der Waals surface area contributed by atoms with Crippen LogP contribution < -0.4 is 21.5 Å². The van der Waals surface area contributed by atoms with Crippen LogP contribution in [0, 0.1) is 0 Å². The van der Waals surface area contributed by atoms with Gasteiger partial charge in [0.15, 0.2) is 11.6 Å². The molecule has 8 nitrogen and oxygen atoms in total. The summed E-state index contributed by atoms with van der Waals surface area (Å²) in [5.41, 5.74) is 6.75. The molecule has 1 aromatic carbocycles. The fraction of sp³-hybridized carbons (Fsp3) is 0.444. The summed E-state index contributed by atoms with van der Waals surface area (Å²) in [5, 5.41) is 0.253. The van der Waals surface area contributed by atoms with Crippen LogP contribution in [-0.2, 0) is 16.4 Å². The normalized spacial score (nSPS) is 16.3. The maximum absolute atomic E-state index is 13.8. The van der Waals surface area contributed by atoms with E-state index < -0.39 is 32.7 Å². The highest BCUT2D eigenvalue weighted by Crippen LogP contribution is 2.37. The third-order valence-corrected chi connectivity index (χ3v) is 7.10. The minimum absolute atomic E-state index is 0.0239. The van der Waals surface area contributed by atoms with Crippen molar-refractivity contribution in [2.75, 3.05) is 28.7 Å². The molecule has 1 fully saturated rings. The number of nitrogens with two attached hydrogens (primary N) is 2. The number of hydrogen-bond donors (Lipinski definition) is 2. The van der Waals surface area contributed by atoms with Crippen LogP contribution in [0.15, 0.2) is 29.4 Å². The quantitative estimate of drug-likeness (QED) is 0.383. The topological polar surface area (TPSA) is 118 Å². The molecule has 12 heteroatoms. The summed E-state index contributed by atoms with van der Waals surface area (Å²) in [6.07, 6.45) is -0.385. The third-order valence-electron chi connectivity index (χ3n) is 4.80. The molecule has 30 heavy (non-hydrogen) atoms. The number of halogens is 3. The lowest BCUT2D eigenvalue weighted by Crippen LogP contribution is -2.34. The van der Waals surface area contributed by atoms with Crippen LogP contribution in [0.2, 0.25) is 5.02 Å². The second kappa shape index (κ2) is 8.12. The van der Waals surface area contributed by atoms with Gasteiger partial charge in [0.25, 0.3) is 11.1 Å². The van der Waals surface area contributed by atoms with Crippen LogP contribution in [0.1, 0.15) is 25.8 Å². The predicted molar refractivity (Wildman–Crippen MR) is 112 cm³/mol. The molecule has 0 bridgehead atoms. The summed E-state index contributed by atoms with van der Waals surface area (Å²) in [4.78, 5) is 9.37. The van der Waals surface area contributed by atoms with Crippen molar-refractivity contribution in [3.05, 3.63) is 34.9 Å². The van der Waals surface area contributed by atoms with Gasteiger partial charge in [-0.3, -0.25) is 5.01 Å². The fourth-order valence-electron chi connectivity index (χ4n) is 3.03. The first-order chi connectivity index (χ1) is 13.9. The zero-order valence-corrected chi connectivity index (χ0v) is 18.1. The first kappa shape index (κ1) is 22.4. The van der Waals surface area contributed by atoms with Crippen LogP contribution in [0.25, 0.3) is 0 Å². The number of hydrogen-bond acceptors (Lipinski definition) is 8. The molecular weight excluding hydrogens is 438 g/mol. The lowest BCUT2D eigenvalue weighted by molar-refractivity contribution is 0.0257. The Morgan fingerprint density at radius 1 is 1.30 bits per heavy atom. The van der Waals surface area contributed by atoms with Gasteiger partial charge in [-0.1, -0.05) is 29.8 Å². The average molecular weight is 461 g/mol. The van der Waals surface area contributed by atoms with Crippen molar-refractivity contribution in [1.82, 2.24) is 9.97 Å². The van der Waals surface area contributed by atoms with E-state index in [-0.39, 0.29) is 36.8 Å². The summed E-state index contributed by atoms with van der Waals surface area (Å²) < 4.78 is 53.0. The predicted octanol–water partition coefficient (Wildman–Crippen LogP) is 2.62. The van der Waals surface area contributed by atoms with E-state index in [9.17, 15) is 17.2 Å². The first-order valence-corrected chi connectivity index (χ1v) is 11.1. The number of benzene rings is 1. The van der Waals surface area contributed by atoms with E-state index >= 15 is 0 Å². The van der Waals surface area contributed by atoms with Crippen LogP contribution in [0.3, 0.4) is 0 Å². The van der Waals surface area contributed by atoms with Crippen LogP contribution in [0.5, 0.6) is 0 Å². The molecule has 0 amide bonds. The van der Waals surface area contributed by atoms with Gasteiger partial charge in [0, 0.05) is 18.0 Å². The molecule has 2 heterocycles. The number of rotatable bonds is 6. The highest BCUT2D eigenvalue weighted by molar-refractivity contribution is 7.91. The van der Waals surface area contributed by atoms with Gasteiger partial charge in [0.1, 0.15) is 5.69 Å². The number of sulfone groups is 1. The number of nitrogen functional groups attached to an aromatic ring is 1. The van der Waals surface area contributed by atoms with Crippen molar-refractivity contribution in [3.63, 3.8) is 0 Å². The Morgan fingerprint density at radius 3 is 2.53 bits per heavy atom. The smallest absolute Gasteiger partial charge is 0.266 e. The number of aromatic nitrogens is 2.